The summed E-state index contributed by atoms with van der Waals surface area (Å²) in [6.07, 6.45) is 7.27. The fourth-order valence-electron chi connectivity index (χ4n) is 3.43. The first-order chi connectivity index (χ1) is 11.2. The van der Waals surface area contributed by atoms with Crippen LogP contribution in [0.15, 0.2) is 23.8 Å². The maximum atomic E-state index is 12.4. The number of nitrogens with one attached hydrogen (secondary N) is 1. The largest absolute Gasteiger partial charge is 0.480 e. The van der Waals surface area contributed by atoms with Gasteiger partial charge in [-0.3, -0.25) is 9.59 Å². The molecule has 7 nitrogen and oxygen atoms in total. The minimum atomic E-state index is -1.02. The summed E-state index contributed by atoms with van der Waals surface area (Å²) in [4.78, 5) is 37.5. The Hall–Kier alpha value is -1.80. The van der Waals surface area contributed by atoms with Gasteiger partial charge in [0.05, 0.1) is 0 Å². The van der Waals surface area contributed by atoms with E-state index in [4.69, 9.17) is 5.73 Å². The third kappa shape index (κ3) is 2.63. The Balaban J connectivity index is 1.68. The number of hydrogen-bond donors (Lipinski definition) is 3. The predicted molar refractivity (Wildman–Crippen MR) is 90.1 cm³/mol. The highest BCUT2D eigenvalue weighted by atomic mass is 32.2. The first-order valence-electron chi connectivity index (χ1n) is 7.86. The first kappa shape index (κ1) is 17.0. The summed E-state index contributed by atoms with van der Waals surface area (Å²) in [5.41, 5.74) is 6.83. The molecule has 2 heterocycles. The number of carbonyl (C=O) groups is 3. The van der Waals surface area contributed by atoms with Gasteiger partial charge in [0.2, 0.25) is 11.8 Å². The number of nitrogens with zero attached hydrogens (tertiary/aromatic N) is 1. The number of β-lactam (4-membered cyclic amide) rings is 1. The molecule has 0 bridgehead atoms. The van der Waals surface area contributed by atoms with E-state index in [1.165, 1.54) is 16.7 Å². The second kappa shape index (κ2) is 5.93. The van der Waals surface area contributed by atoms with Crippen LogP contribution in [-0.4, -0.2) is 56.0 Å². The zero-order chi connectivity index (χ0) is 17.6. The summed E-state index contributed by atoms with van der Waals surface area (Å²) in [5.74, 6) is -1.78. The summed E-state index contributed by atoms with van der Waals surface area (Å²) in [5, 5.41) is 11.7. The molecule has 2 saturated heterocycles. The second-order valence-electron chi connectivity index (χ2n) is 6.75. The number of fused-ring (bicyclic) bond motifs is 1. The molecule has 3 aliphatic rings. The Labute approximate surface area is 144 Å². The fraction of sp³-hybridized carbons (Fsp3) is 0.562. The summed E-state index contributed by atoms with van der Waals surface area (Å²) >= 11 is 1.40. The lowest BCUT2D eigenvalue weighted by molar-refractivity contribution is -0.161. The van der Waals surface area contributed by atoms with E-state index in [0.717, 1.165) is 12.0 Å². The summed E-state index contributed by atoms with van der Waals surface area (Å²) in [6, 6.07) is -2.38. The SMILES string of the molecule is CC1(C)SC2C(NC(=O)C(N)C3=CCC=CC3)C(=O)N2C1C(=O)O. The van der Waals surface area contributed by atoms with Gasteiger partial charge in [-0.15, -0.1) is 11.8 Å². The van der Waals surface area contributed by atoms with Crippen LogP contribution < -0.4 is 11.1 Å². The molecule has 2 amide bonds. The summed E-state index contributed by atoms with van der Waals surface area (Å²) in [6.45, 7) is 3.59. The van der Waals surface area contributed by atoms with Crippen LogP contribution in [0.5, 0.6) is 0 Å². The van der Waals surface area contributed by atoms with E-state index in [0.29, 0.717) is 6.42 Å². The first-order valence-corrected chi connectivity index (χ1v) is 8.74. The number of carboxylic acid groups (broad SMARTS) is 1. The topological polar surface area (TPSA) is 113 Å². The molecule has 130 valence electrons. The number of carbonyl (C=O) groups excluding carboxylic acids is 2. The van der Waals surface area contributed by atoms with E-state index < -0.39 is 34.7 Å². The molecule has 1 aliphatic carbocycles. The van der Waals surface area contributed by atoms with Gasteiger partial charge in [0, 0.05) is 4.75 Å². The van der Waals surface area contributed by atoms with Crippen molar-refractivity contribution in [2.45, 2.75) is 54.9 Å². The monoisotopic (exact) mass is 351 g/mol. The van der Waals surface area contributed by atoms with Gasteiger partial charge in [0.25, 0.3) is 0 Å². The van der Waals surface area contributed by atoms with Crippen LogP contribution in [0.3, 0.4) is 0 Å². The minimum Gasteiger partial charge on any atom is -0.480 e. The molecule has 4 unspecified atom stereocenters. The van der Waals surface area contributed by atoms with E-state index in [1.54, 1.807) is 13.8 Å². The number of rotatable bonds is 4. The number of nitrogens with two attached hydrogens (primary N) is 1. The van der Waals surface area contributed by atoms with E-state index in [-0.39, 0.29) is 11.3 Å². The Morgan fingerprint density at radius 1 is 1.46 bits per heavy atom. The lowest BCUT2D eigenvalue weighted by atomic mass is 9.95. The van der Waals surface area contributed by atoms with Gasteiger partial charge < -0.3 is 21.1 Å². The van der Waals surface area contributed by atoms with E-state index in [1.807, 2.05) is 18.2 Å². The molecule has 0 saturated carbocycles. The van der Waals surface area contributed by atoms with Crippen molar-refractivity contribution in [2.75, 3.05) is 0 Å². The van der Waals surface area contributed by atoms with Crippen LogP contribution in [0.4, 0.5) is 0 Å². The van der Waals surface area contributed by atoms with Crippen molar-refractivity contribution in [1.29, 1.82) is 0 Å². The molecule has 4 atom stereocenters. The van der Waals surface area contributed by atoms with E-state index in [2.05, 4.69) is 5.32 Å². The van der Waals surface area contributed by atoms with Gasteiger partial charge >= 0.3 is 5.97 Å². The van der Waals surface area contributed by atoms with E-state index in [9.17, 15) is 19.5 Å². The number of aliphatic carboxylic acids is 1. The lowest BCUT2D eigenvalue weighted by Crippen LogP contribution is -2.71. The Morgan fingerprint density at radius 2 is 2.17 bits per heavy atom. The molecule has 0 aromatic heterocycles. The molecule has 2 fully saturated rings. The standard InChI is InChI=1S/C16H21N3O4S/c1-16(2)11(15(22)23)19-13(21)10(14(19)24-16)18-12(20)9(17)8-6-4-3-5-7-8/h3-4,7,9-11,14H,5-6,17H2,1-2H3,(H,18,20)(H,22,23). The van der Waals surface area contributed by atoms with Gasteiger partial charge in [0.15, 0.2) is 0 Å². The predicted octanol–water partition coefficient (Wildman–Crippen LogP) is 0.222. The molecule has 8 heteroatoms. The Bertz CT molecular complexity index is 658. The van der Waals surface area contributed by atoms with Gasteiger partial charge in [0.1, 0.15) is 23.5 Å². The van der Waals surface area contributed by atoms with Gasteiger partial charge in [-0.05, 0) is 32.3 Å². The molecule has 24 heavy (non-hydrogen) atoms. The minimum absolute atomic E-state index is 0.356. The summed E-state index contributed by atoms with van der Waals surface area (Å²) in [7, 11) is 0. The number of allylic oxidation sites excluding steroid dienone is 3. The average molecular weight is 351 g/mol. The molecule has 4 N–H and O–H groups in total. The molecule has 2 aliphatic heterocycles. The van der Waals surface area contributed by atoms with Gasteiger partial charge in [-0.25, -0.2) is 4.79 Å². The maximum absolute atomic E-state index is 12.4. The van der Waals surface area contributed by atoms with Crippen LogP contribution >= 0.6 is 11.8 Å². The van der Waals surface area contributed by atoms with Crippen molar-refractivity contribution in [2.24, 2.45) is 5.73 Å². The van der Waals surface area contributed by atoms with Crippen molar-refractivity contribution in [1.82, 2.24) is 10.2 Å². The molecule has 3 rings (SSSR count). The van der Waals surface area contributed by atoms with Gasteiger partial charge in [-0.2, -0.15) is 0 Å². The number of carboxylic acids is 1. The Morgan fingerprint density at radius 3 is 2.75 bits per heavy atom. The molecular weight excluding hydrogens is 330 g/mol. The molecule has 0 radical (unpaired) electrons. The van der Waals surface area contributed by atoms with Crippen molar-refractivity contribution < 1.29 is 19.5 Å². The number of amides is 2. The molecule has 0 aromatic carbocycles. The highest BCUT2D eigenvalue weighted by Crippen LogP contribution is 2.50. The van der Waals surface area contributed by atoms with Crippen molar-refractivity contribution in [3.8, 4) is 0 Å². The van der Waals surface area contributed by atoms with Crippen molar-refractivity contribution >= 4 is 29.5 Å². The summed E-state index contributed by atoms with van der Waals surface area (Å²) < 4.78 is -0.607. The highest BCUT2D eigenvalue weighted by Gasteiger charge is 2.64. The second-order valence-corrected chi connectivity index (χ2v) is 8.52. The van der Waals surface area contributed by atoms with Crippen LogP contribution in [0.1, 0.15) is 26.7 Å². The number of hydrogen-bond acceptors (Lipinski definition) is 5. The smallest absolute Gasteiger partial charge is 0.327 e. The van der Waals surface area contributed by atoms with Crippen LogP contribution in [0.25, 0.3) is 0 Å². The highest BCUT2D eigenvalue weighted by molar-refractivity contribution is 8.01. The quantitative estimate of drug-likeness (QED) is 0.493. The molecule has 0 aromatic rings. The molecular formula is C16H21N3O4S. The van der Waals surface area contributed by atoms with Gasteiger partial charge in [-0.1, -0.05) is 18.2 Å². The zero-order valence-electron chi connectivity index (χ0n) is 13.6. The van der Waals surface area contributed by atoms with E-state index >= 15 is 0 Å². The maximum Gasteiger partial charge on any atom is 0.327 e. The fourth-order valence-corrected chi connectivity index (χ4v) is 5.05. The molecule has 0 spiro atoms. The lowest BCUT2D eigenvalue weighted by Gasteiger charge is -2.43. The Kier molecular flexibility index (Phi) is 4.21. The van der Waals surface area contributed by atoms with Crippen molar-refractivity contribution in [3.05, 3.63) is 23.8 Å². The third-order valence-corrected chi connectivity index (χ3v) is 6.26. The van der Waals surface area contributed by atoms with Crippen LogP contribution in [-0.2, 0) is 14.4 Å². The number of thioether (sulfide) groups is 1. The van der Waals surface area contributed by atoms with Crippen molar-refractivity contribution in [3.63, 3.8) is 0 Å². The van der Waals surface area contributed by atoms with Crippen LogP contribution in [0, 0.1) is 0 Å². The zero-order valence-corrected chi connectivity index (χ0v) is 14.4. The normalized spacial score (nSPS) is 31.8. The van der Waals surface area contributed by atoms with Crippen LogP contribution in [0.2, 0.25) is 0 Å². The average Bonchev–Trinajstić information content (AvgIpc) is 2.80. The third-order valence-electron chi connectivity index (χ3n) is 4.69.